The van der Waals surface area contributed by atoms with Crippen LogP contribution in [0, 0.1) is 20.8 Å². The van der Waals surface area contributed by atoms with E-state index in [-0.39, 0.29) is 6.61 Å². The molecule has 0 heterocycles. The zero-order valence-corrected chi connectivity index (χ0v) is 9.13. The zero-order chi connectivity index (χ0) is 10.6. The molecule has 14 heavy (non-hydrogen) atoms. The molecule has 0 atom stereocenters. The van der Waals surface area contributed by atoms with Gasteiger partial charge in [0.05, 0.1) is 6.61 Å². The highest BCUT2D eigenvalue weighted by molar-refractivity contribution is 5.42. The van der Waals surface area contributed by atoms with Gasteiger partial charge in [0, 0.05) is 13.0 Å². The summed E-state index contributed by atoms with van der Waals surface area (Å²) in [7, 11) is 0. The molecule has 0 aliphatic heterocycles. The van der Waals surface area contributed by atoms with Crippen LogP contribution in [0.2, 0.25) is 0 Å². The van der Waals surface area contributed by atoms with Gasteiger partial charge >= 0.3 is 0 Å². The van der Waals surface area contributed by atoms with Gasteiger partial charge in [-0.3, -0.25) is 0 Å². The van der Waals surface area contributed by atoms with Crippen LogP contribution >= 0.6 is 0 Å². The molecule has 1 N–H and O–H groups in total. The van der Waals surface area contributed by atoms with Crippen molar-refractivity contribution in [1.82, 2.24) is 0 Å². The SMILES string of the molecule is Cc1cc(C)c(OCCCO)c(C)c1. The van der Waals surface area contributed by atoms with Gasteiger partial charge in [0.2, 0.25) is 0 Å². The lowest BCUT2D eigenvalue weighted by Crippen LogP contribution is -2.02. The Bertz CT molecular complexity index is 282. The minimum absolute atomic E-state index is 0.184. The van der Waals surface area contributed by atoms with Gasteiger partial charge in [-0.05, 0) is 31.9 Å². The zero-order valence-electron chi connectivity index (χ0n) is 9.13. The number of hydrogen-bond donors (Lipinski definition) is 1. The molecule has 0 saturated carbocycles. The Labute approximate surface area is 85.5 Å². The van der Waals surface area contributed by atoms with Crippen LogP contribution < -0.4 is 4.74 Å². The predicted octanol–water partition coefficient (Wildman–Crippen LogP) is 2.37. The van der Waals surface area contributed by atoms with Gasteiger partial charge in [-0.2, -0.15) is 0 Å². The molecule has 0 amide bonds. The number of rotatable bonds is 4. The molecule has 0 spiro atoms. The maximum Gasteiger partial charge on any atom is 0.125 e. The van der Waals surface area contributed by atoms with Gasteiger partial charge in [0.15, 0.2) is 0 Å². The quantitative estimate of drug-likeness (QED) is 0.746. The molecule has 0 aromatic heterocycles. The Hall–Kier alpha value is -1.02. The molecule has 0 aliphatic rings. The van der Waals surface area contributed by atoms with Gasteiger partial charge in [0.25, 0.3) is 0 Å². The van der Waals surface area contributed by atoms with Crippen LogP contribution in [-0.4, -0.2) is 18.3 Å². The Morgan fingerprint density at radius 1 is 1.14 bits per heavy atom. The van der Waals surface area contributed by atoms with Gasteiger partial charge in [-0.1, -0.05) is 17.7 Å². The smallest absolute Gasteiger partial charge is 0.125 e. The molecule has 0 saturated heterocycles. The highest BCUT2D eigenvalue weighted by Gasteiger charge is 2.04. The van der Waals surface area contributed by atoms with E-state index in [0.717, 1.165) is 5.75 Å². The Morgan fingerprint density at radius 3 is 2.21 bits per heavy atom. The van der Waals surface area contributed by atoms with Gasteiger partial charge in [-0.15, -0.1) is 0 Å². The van der Waals surface area contributed by atoms with Gasteiger partial charge in [0.1, 0.15) is 5.75 Å². The second-order valence-corrected chi connectivity index (χ2v) is 3.65. The van der Waals surface area contributed by atoms with E-state index in [1.807, 2.05) is 13.8 Å². The Morgan fingerprint density at radius 2 is 1.71 bits per heavy atom. The maximum atomic E-state index is 8.65. The summed E-state index contributed by atoms with van der Waals surface area (Å²) in [6.07, 6.45) is 0.687. The topological polar surface area (TPSA) is 29.5 Å². The third-order valence-electron chi connectivity index (χ3n) is 2.15. The molecule has 78 valence electrons. The fourth-order valence-corrected chi connectivity index (χ4v) is 1.63. The average Bonchev–Trinajstić information content (AvgIpc) is 2.09. The normalized spacial score (nSPS) is 10.3. The molecule has 0 unspecified atom stereocenters. The van der Waals surface area contributed by atoms with Crippen LogP contribution in [0.3, 0.4) is 0 Å². The summed E-state index contributed by atoms with van der Waals surface area (Å²) in [6, 6.07) is 4.22. The van der Waals surface area contributed by atoms with Crippen LogP contribution in [0.4, 0.5) is 0 Å². The van der Waals surface area contributed by atoms with Crippen LogP contribution in [0.5, 0.6) is 5.75 Å². The van der Waals surface area contributed by atoms with Crippen molar-refractivity contribution in [3.05, 3.63) is 28.8 Å². The first-order chi connectivity index (χ1) is 6.65. The molecular weight excluding hydrogens is 176 g/mol. The Kier molecular flexibility index (Phi) is 3.96. The van der Waals surface area contributed by atoms with E-state index in [1.165, 1.54) is 16.7 Å². The molecule has 1 aromatic carbocycles. The highest BCUT2D eigenvalue weighted by Crippen LogP contribution is 2.24. The molecule has 2 heteroatoms. The van der Waals surface area contributed by atoms with Crippen molar-refractivity contribution in [2.75, 3.05) is 13.2 Å². The number of aliphatic hydroxyl groups is 1. The number of aryl methyl sites for hydroxylation is 3. The predicted molar refractivity (Wildman–Crippen MR) is 57.9 cm³/mol. The summed E-state index contributed by atoms with van der Waals surface area (Å²) < 4.78 is 5.60. The lowest BCUT2D eigenvalue weighted by Gasteiger charge is -2.12. The molecule has 1 rings (SSSR count). The van der Waals surface area contributed by atoms with Crippen molar-refractivity contribution in [2.45, 2.75) is 27.2 Å². The van der Waals surface area contributed by atoms with E-state index in [2.05, 4.69) is 19.1 Å². The van der Waals surface area contributed by atoms with Crippen molar-refractivity contribution in [3.8, 4) is 5.75 Å². The number of benzene rings is 1. The average molecular weight is 194 g/mol. The van der Waals surface area contributed by atoms with Crippen LogP contribution in [0.15, 0.2) is 12.1 Å². The fourth-order valence-electron chi connectivity index (χ4n) is 1.63. The molecule has 2 nitrogen and oxygen atoms in total. The summed E-state index contributed by atoms with van der Waals surface area (Å²) >= 11 is 0. The van der Waals surface area contributed by atoms with Crippen LogP contribution in [-0.2, 0) is 0 Å². The first-order valence-electron chi connectivity index (χ1n) is 4.96. The van der Waals surface area contributed by atoms with E-state index in [9.17, 15) is 0 Å². The third-order valence-corrected chi connectivity index (χ3v) is 2.15. The monoisotopic (exact) mass is 194 g/mol. The van der Waals surface area contributed by atoms with E-state index in [1.54, 1.807) is 0 Å². The standard InChI is InChI=1S/C12H18O2/c1-9-7-10(2)12(11(3)8-9)14-6-4-5-13/h7-8,13H,4-6H2,1-3H3. The minimum Gasteiger partial charge on any atom is -0.493 e. The van der Waals surface area contributed by atoms with Gasteiger partial charge < -0.3 is 9.84 Å². The Balaban J connectivity index is 2.75. The molecule has 0 aliphatic carbocycles. The molecular formula is C12H18O2. The fraction of sp³-hybridized carbons (Fsp3) is 0.500. The summed E-state index contributed by atoms with van der Waals surface area (Å²) in [5.74, 6) is 0.962. The number of aliphatic hydroxyl groups excluding tert-OH is 1. The second-order valence-electron chi connectivity index (χ2n) is 3.65. The first kappa shape index (κ1) is 11.1. The molecule has 0 bridgehead atoms. The van der Waals surface area contributed by atoms with Crippen LogP contribution in [0.25, 0.3) is 0 Å². The van der Waals surface area contributed by atoms with Crippen molar-refractivity contribution >= 4 is 0 Å². The third kappa shape index (κ3) is 2.74. The van der Waals surface area contributed by atoms with E-state index >= 15 is 0 Å². The summed E-state index contributed by atoms with van der Waals surface area (Å²) in [4.78, 5) is 0. The molecule has 0 fully saturated rings. The number of ether oxygens (including phenoxy) is 1. The lowest BCUT2D eigenvalue weighted by molar-refractivity contribution is 0.232. The maximum absolute atomic E-state index is 8.65. The molecule has 1 aromatic rings. The summed E-state index contributed by atoms with van der Waals surface area (Å²) in [5, 5.41) is 8.65. The summed E-state index contributed by atoms with van der Waals surface area (Å²) in [6.45, 7) is 6.95. The van der Waals surface area contributed by atoms with Crippen molar-refractivity contribution in [3.63, 3.8) is 0 Å². The van der Waals surface area contributed by atoms with E-state index in [0.29, 0.717) is 13.0 Å². The van der Waals surface area contributed by atoms with Gasteiger partial charge in [-0.25, -0.2) is 0 Å². The largest absolute Gasteiger partial charge is 0.493 e. The van der Waals surface area contributed by atoms with Crippen molar-refractivity contribution in [1.29, 1.82) is 0 Å². The highest BCUT2D eigenvalue weighted by atomic mass is 16.5. The molecule has 0 radical (unpaired) electrons. The number of hydrogen-bond acceptors (Lipinski definition) is 2. The van der Waals surface area contributed by atoms with E-state index < -0.39 is 0 Å². The summed E-state index contributed by atoms with van der Waals surface area (Å²) in [5.41, 5.74) is 3.59. The van der Waals surface area contributed by atoms with Crippen molar-refractivity contribution < 1.29 is 9.84 Å². The lowest BCUT2D eigenvalue weighted by atomic mass is 10.1. The second kappa shape index (κ2) is 5.01. The van der Waals surface area contributed by atoms with E-state index in [4.69, 9.17) is 9.84 Å². The first-order valence-corrected chi connectivity index (χ1v) is 4.96. The minimum atomic E-state index is 0.184. The van der Waals surface area contributed by atoms with Crippen molar-refractivity contribution in [2.24, 2.45) is 0 Å². The van der Waals surface area contributed by atoms with Crippen LogP contribution in [0.1, 0.15) is 23.1 Å².